The van der Waals surface area contributed by atoms with Crippen LogP contribution in [-0.2, 0) is 9.05 Å². The quantitative estimate of drug-likeness (QED) is 0.750. The van der Waals surface area contributed by atoms with E-state index >= 15 is 0 Å². The minimum atomic E-state index is -3.89. The summed E-state index contributed by atoms with van der Waals surface area (Å²) in [6.07, 6.45) is 0. The first-order valence-electron chi connectivity index (χ1n) is 6.04. The number of carbonyl (C=O) groups is 1. The van der Waals surface area contributed by atoms with E-state index < -0.39 is 9.05 Å². The van der Waals surface area contributed by atoms with Gasteiger partial charge in [0, 0.05) is 34.3 Å². The molecule has 0 radical (unpaired) electrons. The Morgan fingerprint density at radius 3 is 2.40 bits per heavy atom. The maximum atomic E-state index is 12.4. The summed E-state index contributed by atoms with van der Waals surface area (Å²) in [6, 6.07) is 3.01. The van der Waals surface area contributed by atoms with Crippen LogP contribution in [0.2, 0.25) is 0 Å². The van der Waals surface area contributed by atoms with Gasteiger partial charge >= 0.3 is 0 Å². The summed E-state index contributed by atoms with van der Waals surface area (Å²) in [7, 11) is 3.21. The molecule has 0 saturated carbocycles. The molecule has 1 aromatic carbocycles. The Morgan fingerprint density at radius 2 is 1.95 bits per heavy atom. The SMILES string of the molecule is Cc1c(C(=O)N(C)CC(C)C)cc(Br)cc1S(=O)(=O)Cl. The predicted octanol–water partition coefficient (Wildman–Crippen LogP) is 3.41. The Hall–Kier alpha value is -0.590. The van der Waals surface area contributed by atoms with Crippen molar-refractivity contribution in [3.63, 3.8) is 0 Å². The molecule has 112 valence electrons. The van der Waals surface area contributed by atoms with Crippen molar-refractivity contribution >= 4 is 41.6 Å². The van der Waals surface area contributed by atoms with Crippen molar-refractivity contribution in [2.24, 2.45) is 5.92 Å². The molecular weight excluding hydrogens is 366 g/mol. The highest BCUT2D eigenvalue weighted by molar-refractivity contribution is 9.10. The Morgan fingerprint density at radius 1 is 1.40 bits per heavy atom. The van der Waals surface area contributed by atoms with E-state index in [4.69, 9.17) is 10.7 Å². The van der Waals surface area contributed by atoms with Crippen LogP contribution in [0.15, 0.2) is 21.5 Å². The first-order chi connectivity index (χ1) is 9.04. The van der Waals surface area contributed by atoms with E-state index in [9.17, 15) is 13.2 Å². The van der Waals surface area contributed by atoms with Gasteiger partial charge < -0.3 is 4.90 Å². The molecule has 1 amide bonds. The van der Waals surface area contributed by atoms with Crippen LogP contribution in [0.4, 0.5) is 0 Å². The first-order valence-corrected chi connectivity index (χ1v) is 9.14. The van der Waals surface area contributed by atoms with Gasteiger partial charge in [0.15, 0.2) is 0 Å². The number of hydrogen-bond acceptors (Lipinski definition) is 3. The first kappa shape index (κ1) is 17.5. The highest BCUT2D eigenvalue weighted by Crippen LogP contribution is 2.28. The van der Waals surface area contributed by atoms with E-state index in [0.29, 0.717) is 28.1 Å². The summed E-state index contributed by atoms with van der Waals surface area (Å²) in [5, 5.41) is 0. The van der Waals surface area contributed by atoms with Crippen LogP contribution in [-0.4, -0.2) is 32.8 Å². The van der Waals surface area contributed by atoms with E-state index in [-0.39, 0.29) is 10.8 Å². The average molecular weight is 383 g/mol. The Balaban J connectivity index is 3.33. The zero-order valence-electron chi connectivity index (χ0n) is 11.8. The third-order valence-corrected chi connectivity index (χ3v) is 4.71. The normalized spacial score (nSPS) is 11.8. The summed E-state index contributed by atoms with van der Waals surface area (Å²) >= 11 is 3.21. The molecule has 1 aromatic rings. The van der Waals surface area contributed by atoms with Crippen LogP contribution in [0, 0.1) is 12.8 Å². The molecule has 0 spiro atoms. The monoisotopic (exact) mass is 381 g/mol. The highest BCUT2D eigenvalue weighted by Gasteiger charge is 2.22. The van der Waals surface area contributed by atoms with Crippen molar-refractivity contribution in [3.8, 4) is 0 Å². The van der Waals surface area contributed by atoms with E-state index in [1.807, 2.05) is 13.8 Å². The van der Waals surface area contributed by atoms with Crippen molar-refractivity contribution in [2.45, 2.75) is 25.7 Å². The third kappa shape index (κ3) is 4.20. The molecule has 0 heterocycles. The van der Waals surface area contributed by atoms with Crippen molar-refractivity contribution in [1.29, 1.82) is 0 Å². The fourth-order valence-electron chi connectivity index (χ4n) is 1.97. The van der Waals surface area contributed by atoms with Gasteiger partial charge in [-0.05, 0) is 30.5 Å². The largest absolute Gasteiger partial charge is 0.341 e. The van der Waals surface area contributed by atoms with Gasteiger partial charge in [-0.3, -0.25) is 4.79 Å². The number of amides is 1. The van der Waals surface area contributed by atoms with Crippen molar-refractivity contribution < 1.29 is 13.2 Å². The second kappa shape index (κ2) is 6.45. The second-order valence-electron chi connectivity index (χ2n) is 5.09. The molecule has 0 N–H and O–H groups in total. The van der Waals surface area contributed by atoms with Crippen LogP contribution in [0.1, 0.15) is 29.8 Å². The zero-order valence-corrected chi connectivity index (χ0v) is 14.9. The van der Waals surface area contributed by atoms with E-state index in [0.717, 1.165) is 0 Å². The molecule has 0 aliphatic heterocycles. The van der Waals surface area contributed by atoms with Gasteiger partial charge in [-0.1, -0.05) is 29.8 Å². The van der Waals surface area contributed by atoms with Crippen LogP contribution in [0.25, 0.3) is 0 Å². The van der Waals surface area contributed by atoms with E-state index in [1.165, 1.54) is 6.07 Å². The van der Waals surface area contributed by atoms with Gasteiger partial charge in [0.05, 0.1) is 4.90 Å². The van der Waals surface area contributed by atoms with Crippen LogP contribution in [0.3, 0.4) is 0 Å². The minimum absolute atomic E-state index is 0.0464. The lowest BCUT2D eigenvalue weighted by atomic mass is 10.1. The van der Waals surface area contributed by atoms with Gasteiger partial charge in [-0.2, -0.15) is 0 Å². The number of hydrogen-bond donors (Lipinski definition) is 0. The summed E-state index contributed by atoms with van der Waals surface area (Å²) < 4.78 is 23.6. The van der Waals surface area contributed by atoms with E-state index in [1.54, 1.807) is 24.9 Å². The van der Waals surface area contributed by atoms with Crippen molar-refractivity contribution in [3.05, 3.63) is 27.7 Å². The molecule has 0 fully saturated rings. The van der Waals surface area contributed by atoms with Gasteiger partial charge in [0.1, 0.15) is 0 Å². The molecule has 0 aliphatic carbocycles. The van der Waals surface area contributed by atoms with Gasteiger partial charge in [0.25, 0.3) is 15.0 Å². The molecule has 0 unspecified atom stereocenters. The minimum Gasteiger partial charge on any atom is -0.341 e. The number of rotatable bonds is 4. The highest BCUT2D eigenvalue weighted by atomic mass is 79.9. The molecule has 0 aromatic heterocycles. The lowest BCUT2D eigenvalue weighted by Crippen LogP contribution is -2.31. The maximum absolute atomic E-state index is 12.4. The van der Waals surface area contributed by atoms with Crippen LogP contribution < -0.4 is 0 Å². The summed E-state index contributed by atoms with van der Waals surface area (Å²) in [4.78, 5) is 13.9. The van der Waals surface area contributed by atoms with E-state index in [2.05, 4.69) is 15.9 Å². The predicted molar refractivity (Wildman–Crippen MR) is 83.7 cm³/mol. The Kier molecular flexibility index (Phi) is 5.63. The lowest BCUT2D eigenvalue weighted by molar-refractivity contribution is 0.0778. The number of nitrogens with zero attached hydrogens (tertiary/aromatic N) is 1. The average Bonchev–Trinajstić information content (AvgIpc) is 2.28. The summed E-state index contributed by atoms with van der Waals surface area (Å²) in [5.74, 6) is 0.103. The zero-order chi connectivity index (χ0) is 15.7. The molecule has 0 atom stereocenters. The second-order valence-corrected chi connectivity index (χ2v) is 8.54. The fraction of sp³-hybridized carbons (Fsp3) is 0.462. The van der Waals surface area contributed by atoms with Crippen molar-refractivity contribution in [2.75, 3.05) is 13.6 Å². The lowest BCUT2D eigenvalue weighted by Gasteiger charge is -2.21. The van der Waals surface area contributed by atoms with Gasteiger partial charge in [0.2, 0.25) is 0 Å². The number of halogens is 2. The number of carbonyl (C=O) groups excluding carboxylic acids is 1. The molecule has 20 heavy (non-hydrogen) atoms. The topological polar surface area (TPSA) is 54.5 Å². The Bertz CT molecular complexity index is 629. The van der Waals surface area contributed by atoms with Crippen LogP contribution >= 0.6 is 26.6 Å². The maximum Gasteiger partial charge on any atom is 0.261 e. The Labute approximate surface area is 132 Å². The molecule has 1 rings (SSSR count). The standard InChI is InChI=1S/C13H17BrClNO3S/c1-8(2)7-16(4)13(17)11-5-10(14)6-12(9(11)3)20(15,18)19/h5-6,8H,7H2,1-4H3. The fourth-order valence-corrected chi connectivity index (χ4v) is 3.80. The van der Waals surface area contributed by atoms with Crippen molar-refractivity contribution in [1.82, 2.24) is 4.90 Å². The molecule has 7 heteroatoms. The summed E-state index contributed by atoms with van der Waals surface area (Å²) in [5.41, 5.74) is 0.700. The third-order valence-electron chi connectivity index (χ3n) is 2.80. The smallest absolute Gasteiger partial charge is 0.261 e. The molecule has 0 saturated heterocycles. The molecule has 4 nitrogen and oxygen atoms in total. The van der Waals surface area contributed by atoms with Gasteiger partial charge in [-0.25, -0.2) is 8.42 Å². The number of benzene rings is 1. The van der Waals surface area contributed by atoms with Gasteiger partial charge in [-0.15, -0.1) is 0 Å². The van der Waals surface area contributed by atoms with Crippen LogP contribution in [0.5, 0.6) is 0 Å². The molecule has 0 aliphatic rings. The molecular formula is C13H17BrClNO3S. The summed E-state index contributed by atoms with van der Waals surface area (Å²) in [6.45, 7) is 6.18. The molecule has 0 bridgehead atoms.